The first-order valence-electron chi connectivity index (χ1n) is 9.80. The highest BCUT2D eigenvalue weighted by Gasteiger charge is 2.42. The molecule has 30 heavy (non-hydrogen) atoms. The SMILES string of the molecule is CCC(=O)C1(c2ccccc2Sc2ccccc2)CCN(C)CC1.O=C(O)C(=O)O. The number of piperidine rings is 1. The highest BCUT2D eigenvalue weighted by Crippen LogP contribution is 2.43. The average Bonchev–Trinajstić information content (AvgIpc) is 2.75. The number of ketones is 1. The van der Waals surface area contributed by atoms with Crippen LogP contribution in [0.4, 0.5) is 0 Å². The first kappa shape index (κ1) is 23.6. The van der Waals surface area contributed by atoms with E-state index in [2.05, 4.69) is 60.5 Å². The molecule has 0 radical (unpaired) electrons. The first-order chi connectivity index (χ1) is 14.3. The quantitative estimate of drug-likeness (QED) is 0.695. The fourth-order valence-corrected chi connectivity index (χ4v) is 4.67. The Labute approximate surface area is 180 Å². The molecule has 1 saturated heterocycles. The van der Waals surface area contributed by atoms with Gasteiger partial charge in [0.15, 0.2) is 0 Å². The zero-order chi connectivity index (χ0) is 22.1. The largest absolute Gasteiger partial charge is 0.473 e. The molecule has 6 nitrogen and oxygen atoms in total. The maximum atomic E-state index is 13.0. The van der Waals surface area contributed by atoms with E-state index in [0.717, 1.165) is 25.9 Å². The van der Waals surface area contributed by atoms with Crippen molar-refractivity contribution in [2.75, 3.05) is 20.1 Å². The van der Waals surface area contributed by atoms with Gasteiger partial charge in [-0.3, -0.25) is 4.79 Å². The summed E-state index contributed by atoms with van der Waals surface area (Å²) < 4.78 is 0. The van der Waals surface area contributed by atoms with E-state index < -0.39 is 11.9 Å². The maximum Gasteiger partial charge on any atom is 0.414 e. The molecule has 1 heterocycles. The summed E-state index contributed by atoms with van der Waals surface area (Å²) in [6.45, 7) is 3.96. The van der Waals surface area contributed by atoms with Crippen LogP contribution < -0.4 is 0 Å². The number of aliphatic carboxylic acids is 2. The topological polar surface area (TPSA) is 94.9 Å². The summed E-state index contributed by atoms with van der Waals surface area (Å²) in [4.78, 5) is 35.9. The zero-order valence-corrected chi connectivity index (χ0v) is 18.0. The lowest BCUT2D eigenvalue weighted by Crippen LogP contribution is -2.46. The maximum absolute atomic E-state index is 13.0. The lowest BCUT2D eigenvalue weighted by molar-refractivity contribution is -0.159. The van der Waals surface area contributed by atoms with Crippen LogP contribution in [0.25, 0.3) is 0 Å². The molecule has 2 aromatic carbocycles. The number of Topliss-reactive ketones (excluding diaryl/α,β-unsaturated/α-hetero) is 1. The van der Waals surface area contributed by atoms with Crippen molar-refractivity contribution in [1.29, 1.82) is 0 Å². The zero-order valence-electron chi connectivity index (χ0n) is 17.2. The van der Waals surface area contributed by atoms with Gasteiger partial charge in [0.25, 0.3) is 0 Å². The van der Waals surface area contributed by atoms with E-state index in [1.165, 1.54) is 15.4 Å². The van der Waals surface area contributed by atoms with Crippen LogP contribution in [0.5, 0.6) is 0 Å². The van der Waals surface area contributed by atoms with E-state index in [1.54, 1.807) is 11.8 Å². The number of hydrogen-bond donors (Lipinski definition) is 2. The Kier molecular flexibility index (Phi) is 8.62. The molecule has 7 heteroatoms. The summed E-state index contributed by atoms with van der Waals surface area (Å²) >= 11 is 1.77. The molecule has 0 atom stereocenters. The standard InChI is InChI=1S/C21H25NOS.C2H2O4/c1-3-20(23)21(13-15-22(2)16-14-21)18-11-7-8-12-19(18)24-17-9-5-4-6-10-17;3-1(4)2(5)6/h4-12H,3,13-16H2,1-2H3;(H,3,4)(H,5,6). The summed E-state index contributed by atoms with van der Waals surface area (Å²) in [6.07, 6.45) is 2.44. The molecular formula is C23H27NO5S. The van der Waals surface area contributed by atoms with Crippen LogP contribution in [0, 0.1) is 0 Å². The second-order valence-electron chi connectivity index (χ2n) is 7.18. The fourth-order valence-electron chi connectivity index (χ4n) is 3.60. The Morgan fingerprint density at radius 3 is 2.00 bits per heavy atom. The van der Waals surface area contributed by atoms with Crippen molar-refractivity contribution in [2.45, 2.75) is 41.4 Å². The third kappa shape index (κ3) is 5.93. The molecule has 160 valence electrons. The number of carbonyl (C=O) groups excluding carboxylic acids is 1. The third-order valence-corrected chi connectivity index (χ3v) is 6.34. The normalized spacial score (nSPS) is 15.5. The van der Waals surface area contributed by atoms with Crippen molar-refractivity contribution in [3.05, 3.63) is 60.2 Å². The molecule has 3 rings (SSSR count). The number of carbonyl (C=O) groups is 3. The number of carboxylic acid groups (broad SMARTS) is 2. The molecule has 0 amide bonds. The van der Waals surface area contributed by atoms with E-state index in [1.807, 2.05) is 13.0 Å². The number of hydrogen-bond acceptors (Lipinski definition) is 5. The Morgan fingerprint density at radius 2 is 1.47 bits per heavy atom. The van der Waals surface area contributed by atoms with Gasteiger partial charge in [-0.2, -0.15) is 0 Å². The van der Waals surface area contributed by atoms with Gasteiger partial charge in [0.2, 0.25) is 0 Å². The summed E-state index contributed by atoms with van der Waals surface area (Å²) in [6, 6.07) is 18.9. The minimum Gasteiger partial charge on any atom is -0.473 e. The van der Waals surface area contributed by atoms with Gasteiger partial charge in [0.05, 0.1) is 5.41 Å². The lowest BCUT2D eigenvalue weighted by atomic mass is 9.69. The smallest absolute Gasteiger partial charge is 0.414 e. The molecule has 2 N–H and O–H groups in total. The van der Waals surface area contributed by atoms with E-state index >= 15 is 0 Å². The Balaban J connectivity index is 0.000000469. The number of benzene rings is 2. The molecular weight excluding hydrogens is 402 g/mol. The van der Waals surface area contributed by atoms with Crippen LogP contribution in [0.15, 0.2) is 64.4 Å². The third-order valence-electron chi connectivity index (χ3n) is 5.25. The van der Waals surface area contributed by atoms with Crippen LogP contribution in [0.2, 0.25) is 0 Å². The molecule has 1 aliphatic rings. The Hall–Kier alpha value is -2.64. The minimum atomic E-state index is -1.82. The average molecular weight is 430 g/mol. The van der Waals surface area contributed by atoms with Gasteiger partial charge in [-0.05, 0) is 56.7 Å². The van der Waals surface area contributed by atoms with Crippen molar-refractivity contribution in [2.24, 2.45) is 0 Å². The minimum absolute atomic E-state index is 0.320. The van der Waals surface area contributed by atoms with E-state index in [4.69, 9.17) is 19.8 Å². The van der Waals surface area contributed by atoms with Crippen LogP contribution >= 0.6 is 11.8 Å². The molecule has 2 aromatic rings. The molecule has 0 unspecified atom stereocenters. The van der Waals surface area contributed by atoms with Crippen molar-refractivity contribution in [3.8, 4) is 0 Å². The fraction of sp³-hybridized carbons (Fsp3) is 0.348. The van der Waals surface area contributed by atoms with Gasteiger partial charge in [-0.1, -0.05) is 55.1 Å². The van der Waals surface area contributed by atoms with Crippen molar-refractivity contribution >= 4 is 29.5 Å². The van der Waals surface area contributed by atoms with Crippen LogP contribution in [-0.2, 0) is 19.8 Å². The Bertz CT molecular complexity index is 864. The van der Waals surface area contributed by atoms with Gasteiger partial charge in [-0.15, -0.1) is 0 Å². The predicted octanol–water partition coefficient (Wildman–Crippen LogP) is 3.94. The van der Waals surface area contributed by atoms with Crippen LogP contribution in [-0.4, -0.2) is 53.0 Å². The predicted molar refractivity (Wildman–Crippen MR) is 116 cm³/mol. The van der Waals surface area contributed by atoms with Gasteiger partial charge < -0.3 is 15.1 Å². The summed E-state index contributed by atoms with van der Waals surface area (Å²) in [5.41, 5.74) is 0.901. The van der Waals surface area contributed by atoms with Gasteiger partial charge in [0, 0.05) is 16.2 Å². The van der Waals surface area contributed by atoms with Gasteiger partial charge in [-0.25, -0.2) is 9.59 Å². The number of nitrogens with zero attached hydrogens (tertiary/aromatic N) is 1. The lowest BCUT2D eigenvalue weighted by Gasteiger charge is -2.40. The van der Waals surface area contributed by atoms with Crippen LogP contribution in [0.1, 0.15) is 31.7 Å². The summed E-state index contributed by atoms with van der Waals surface area (Å²) in [7, 11) is 2.14. The molecule has 0 bridgehead atoms. The van der Waals surface area contributed by atoms with Gasteiger partial charge >= 0.3 is 11.9 Å². The molecule has 1 fully saturated rings. The highest BCUT2D eigenvalue weighted by molar-refractivity contribution is 7.99. The Morgan fingerprint density at radius 1 is 0.933 bits per heavy atom. The van der Waals surface area contributed by atoms with Crippen molar-refractivity contribution in [3.63, 3.8) is 0 Å². The molecule has 0 spiro atoms. The molecule has 0 aromatic heterocycles. The van der Waals surface area contributed by atoms with E-state index in [9.17, 15) is 4.79 Å². The summed E-state index contributed by atoms with van der Waals surface area (Å²) in [5.74, 6) is -3.26. The van der Waals surface area contributed by atoms with Crippen LogP contribution in [0.3, 0.4) is 0 Å². The highest BCUT2D eigenvalue weighted by atomic mass is 32.2. The second kappa shape index (κ2) is 10.9. The van der Waals surface area contributed by atoms with Gasteiger partial charge in [0.1, 0.15) is 5.78 Å². The monoisotopic (exact) mass is 429 g/mol. The number of carboxylic acids is 2. The summed E-state index contributed by atoms with van der Waals surface area (Å²) in [5, 5.41) is 14.8. The molecule has 0 aliphatic carbocycles. The number of rotatable bonds is 5. The number of likely N-dealkylation sites (tertiary alicyclic amines) is 1. The molecule has 0 saturated carbocycles. The van der Waals surface area contributed by atoms with E-state index in [-0.39, 0.29) is 5.41 Å². The van der Waals surface area contributed by atoms with Crippen molar-refractivity contribution < 1.29 is 24.6 Å². The van der Waals surface area contributed by atoms with E-state index in [0.29, 0.717) is 12.2 Å². The molecule has 1 aliphatic heterocycles. The van der Waals surface area contributed by atoms with Crippen molar-refractivity contribution in [1.82, 2.24) is 4.90 Å². The first-order valence-corrected chi connectivity index (χ1v) is 10.6. The second-order valence-corrected chi connectivity index (χ2v) is 8.30.